The van der Waals surface area contributed by atoms with Crippen LogP contribution in [0.15, 0.2) is 150 Å². The minimum Gasteiger partial charge on any atom is -0.462 e. The fourth-order valence-electron chi connectivity index (χ4n) is 12.3. The van der Waals surface area contributed by atoms with Crippen molar-refractivity contribution in [2.75, 3.05) is 44.4 Å². The van der Waals surface area contributed by atoms with Gasteiger partial charge in [0.1, 0.15) is 72.7 Å². The summed E-state index contributed by atoms with van der Waals surface area (Å²) in [6, 6.07) is 27.0. The number of nitrogens with one attached hydrogen (secondary N) is 12. The van der Waals surface area contributed by atoms with E-state index in [0.29, 0.717) is 41.5 Å². The summed E-state index contributed by atoms with van der Waals surface area (Å²) in [7, 11) is -2.38. The van der Waals surface area contributed by atoms with Crippen molar-refractivity contribution in [3.8, 4) is 0 Å². The lowest BCUT2D eigenvalue weighted by Crippen LogP contribution is -2.60. The summed E-state index contributed by atoms with van der Waals surface area (Å²) >= 11 is 0. The zero-order valence-corrected chi connectivity index (χ0v) is 67.4. The maximum absolute atomic E-state index is 15.2. The summed E-state index contributed by atoms with van der Waals surface area (Å²) in [5, 5.41) is 34.7. The highest BCUT2D eigenvalue weighted by atomic mass is 33.1. The van der Waals surface area contributed by atoms with E-state index >= 15 is 4.79 Å². The van der Waals surface area contributed by atoms with Crippen LogP contribution in [0, 0.1) is 12.3 Å². The zero-order chi connectivity index (χ0) is 82.9. The zero-order valence-electron chi connectivity index (χ0n) is 64.9. The topological polar surface area (TPSA) is 445 Å². The number of nitrogens with zero attached hydrogens (tertiary/aromatic N) is 1. The molecule has 0 bridgehead atoms. The van der Waals surface area contributed by atoms with Gasteiger partial charge in [0.05, 0.1) is 44.3 Å². The van der Waals surface area contributed by atoms with Crippen LogP contribution >= 0.6 is 21.6 Å². The molecule has 32 nitrogen and oxygen atoms in total. The van der Waals surface area contributed by atoms with Gasteiger partial charge in [0.25, 0.3) is 10.0 Å². The molecule has 5 aromatic carbocycles. The summed E-state index contributed by atoms with van der Waals surface area (Å²) in [6.07, 6.45) is 1.08. The summed E-state index contributed by atoms with van der Waals surface area (Å²) < 4.78 is 57.8. The van der Waals surface area contributed by atoms with E-state index in [1.807, 2.05) is 0 Å². The summed E-state index contributed by atoms with van der Waals surface area (Å²) in [5.41, 5.74) is 2.22. The lowest BCUT2D eigenvalue weighted by atomic mass is 9.98. The van der Waals surface area contributed by atoms with E-state index in [0.717, 1.165) is 46.4 Å². The maximum atomic E-state index is 15.2. The fourth-order valence-corrected chi connectivity index (χ4v) is 15.6. The summed E-state index contributed by atoms with van der Waals surface area (Å²) in [4.78, 5) is 176. The van der Waals surface area contributed by atoms with Gasteiger partial charge in [-0.05, 0) is 120 Å². The molecule has 0 spiro atoms. The number of hydrogen-bond donors (Lipinski definition) is 12. The number of guanidine groups is 1. The molecule has 0 unspecified atom stereocenters. The predicted octanol–water partition coefficient (Wildman–Crippen LogP) is 4.07. The van der Waals surface area contributed by atoms with Crippen molar-refractivity contribution in [2.45, 2.75) is 196 Å². The van der Waals surface area contributed by atoms with Gasteiger partial charge in [0, 0.05) is 31.0 Å². The highest BCUT2D eigenvalue weighted by Crippen LogP contribution is 2.26. The number of rotatable bonds is 23. The third-order valence-electron chi connectivity index (χ3n) is 18.4. The van der Waals surface area contributed by atoms with Gasteiger partial charge in [-0.15, -0.1) is 0 Å². The Labute approximate surface area is 676 Å². The minimum absolute atomic E-state index is 0.00308. The van der Waals surface area contributed by atoms with E-state index in [1.54, 1.807) is 161 Å². The third kappa shape index (κ3) is 30.9. The Morgan fingerprint density at radius 3 is 1.71 bits per heavy atom. The molecule has 115 heavy (non-hydrogen) atoms. The smallest absolute Gasteiger partial charge is 0.408 e. The van der Waals surface area contributed by atoms with Crippen LogP contribution in [0.3, 0.4) is 0 Å². The van der Waals surface area contributed by atoms with Gasteiger partial charge < -0.3 is 81.8 Å². The van der Waals surface area contributed by atoms with E-state index < -0.39 is 179 Å². The molecule has 3 fully saturated rings. The molecule has 1 aliphatic carbocycles. The van der Waals surface area contributed by atoms with Crippen molar-refractivity contribution in [2.24, 2.45) is 0 Å². The number of carbonyl (C=O) groups excluding carboxylic acids is 12. The largest absolute Gasteiger partial charge is 0.462 e. The Morgan fingerprint density at radius 1 is 0.574 bits per heavy atom. The van der Waals surface area contributed by atoms with E-state index in [-0.39, 0.29) is 75.0 Å². The average molecular weight is 1650 g/mol. The molecule has 5 aromatic rings. The molecule has 35 heteroatoms. The number of esters is 2. The van der Waals surface area contributed by atoms with Gasteiger partial charge >= 0.3 is 18.0 Å². The molecular weight excluding hydrogens is 1540 g/mol. The van der Waals surface area contributed by atoms with E-state index in [4.69, 9.17) is 29.1 Å². The highest BCUT2D eigenvalue weighted by molar-refractivity contribution is 8.76. The molecule has 8 rings (SSSR count). The second-order valence-electron chi connectivity index (χ2n) is 28.9. The van der Waals surface area contributed by atoms with Crippen LogP contribution in [0.5, 0.6) is 0 Å². The summed E-state index contributed by atoms with van der Waals surface area (Å²) in [5.74, 6) is -11.5. The first kappa shape index (κ1) is 89.9. The second kappa shape index (κ2) is 45.5. The molecule has 2 saturated heterocycles. The van der Waals surface area contributed by atoms with E-state index in [9.17, 15) is 61.2 Å². The third-order valence-corrected chi connectivity index (χ3v) is 22.2. The quantitative estimate of drug-likeness (QED) is 0.0109. The number of benzene rings is 5. The molecule has 0 radical (unpaired) electrons. The average Bonchev–Trinajstić information content (AvgIpc) is 1.72. The molecule has 2 aliphatic heterocycles. The summed E-state index contributed by atoms with van der Waals surface area (Å²) in [6.45, 7) is 5.40. The standard InChI is InChI=1S/C80H103N13O19S3/c1-51-35-37-58(38-36-51)115(106,107)92-78(81)82-39-21-33-59-70(97)83-43-67(94)85-60(42-68(95)111-57-31-19-10-20-32-57)71(98)87-61(41-53-23-11-6-12-24-53)76(103)93-40-22-34-66(93)75(102)84-52(2)69(96)88-62(47-108-44-54-25-13-7-14-26-54)72(99)89-63(48-109-45-55-27-15-8-16-28-55)73(100)90-65(77(104)110-46-56-29-17-9-18-30-56)50-114-113-49-64(74(101)86-59)91-79(105)112-80(3,4)5/h6-9,11-18,23-30,35-38,52,57,59-66H,10,19-22,31-34,39-50H2,1-5H3,(H,83,97)(H,84,102)(H,85,94)(H,86,101)(H,87,98)(H,88,96)(H,89,99)(H,90,100)(H,91,105)(H3,81,82,92)/t52-,59-,60-,61-,62-,63-,64-,65-,66-/m0/s1. The number of ether oxygens (including phenoxy) is 5. The molecule has 10 amide bonds. The number of alkyl carbamates (subject to hydrolysis) is 1. The maximum Gasteiger partial charge on any atom is 0.408 e. The molecule has 1 saturated carbocycles. The predicted molar refractivity (Wildman–Crippen MR) is 428 cm³/mol. The van der Waals surface area contributed by atoms with E-state index in [1.165, 1.54) is 24.0 Å². The Balaban J connectivity index is 1.14. The van der Waals surface area contributed by atoms with Gasteiger partial charge in [-0.2, -0.15) is 0 Å². The van der Waals surface area contributed by atoms with Gasteiger partial charge in [-0.1, -0.05) is 167 Å². The van der Waals surface area contributed by atoms with Gasteiger partial charge in [-0.3, -0.25) is 53.4 Å². The van der Waals surface area contributed by atoms with Gasteiger partial charge in [0.2, 0.25) is 59.1 Å². The normalized spacial score (nSPS) is 22.0. The molecule has 0 aromatic heterocycles. The molecule has 2 heterocycles. The Morgan fingerprint density at radius 2 is 1.11 bits per heavy atom. The number of carbonyl (C=O) groups is 12. The van der Waals surface area contributed by atoms with Crippen molar-refractivity contribution < 1.29 is 89.6 Å². The van der Waals surface area contributed by atoms with Crippen LogP contribution < -0.4 is 57.9 Å². The highest BCUT2D eigenvalue weighted by Gasteiger charge is 2.41. The SMILES string of the molecule is Cc1ccc(S(=O)(=O)NC(=N)NCCC[C@@H]2NC(=O)[C@@H](NC(=O)OC(C)(C)C)CSSC[C@@H](C(=O)OCc3ccccc3)NC(=O)[C@H](COCc3ccccc3)NC(=O)[C@H](COCc3ccccc3)NC(=O)[C@H](C)NC(=O)[C@@H]3CCCN3C(=O)[C@H](Cc3ccccc3)NC(=O)[C@H](CC(=O)OC3CCCCC3)NC(=O)CNC2=O)cc1. The Hall–Kier alpha value is -10.6. The second-order valence-corrected chi connectivity index (χ2v) is 33.2. The fraction of sp³-hybridized carbons (Fsp3) is 0.463. The molecule has 9 atom stereocenters. The first-order chi connectivity index (χ1) is 55.1. The number of hydrogen-bond acceptors (Lipinski definition) is 22. The first-order valence-corrected chi connectivity index (χ1v) is 42.1. The van der Waals surface area contributed by atoms with Crippen LogP contribution in [0.4, 0.5) is 4.79 Å². The Kier molecular flexibility index (Phi) is 35.6. The number of sulfonamides is 1. The van der Waals surface area contributed by atoms with Gasteiger partial charge in [-0.25, -0.2) is 22.7 Å². The molecular formula is C80H103N13O19S3. The molecule has 12 N–H and O–H groups in total. The van der Waals surface area contributed by atoms with Crippen LogP contribution in [-0.4, -0.2) is 201 Å². The van der Waals surface area contributed by atoms with Crippen molar-refractivity contribution in [3.05, 3.63) is 173 Å². The van der Waals surface area contributed by atoms with Crippen molar-refractivity contribution in [1.29, 1.82) is 5.41 Å². The van der Waals surface area contributed by atoms with Crippen LogP contribution in [0.25, 0.3) is 0 Å². The molecule has 3 aliphatic rings. The van der Waals surface area contributed by atoms with Crippen molar-refractivity contribution in [1.82, 2.24) is 62.8 Å². The monoisotopic (exact) mass is 1650 g/mol. The first-order valence-electron chi connectivity index (χ1n) is 38.1. The van der Waals surface area contributed by atoms with Crippen molar-refractivity contribution >= 4 is 109 Å². The van der Waals surface area contributed by atoms with Crippen LogP contribution in [0.2, 0.25) is 0 Å². The molecule has 620 valence electrons. The Bertz CT molecular complexity index is 4230. The number of amides is 10. The van der Waals surface area contributed by atoms with E-state index in [2.05, 4.69) is 57.9 Å². The number of fused-ring (bicyclic) bond motifs is 1. The van der Waals surface area contributed by atoms with Crippen LogP contribution in [0.1, 0.15) is 120 Å². The number of aryl methyl sites for hydroxylation is 1. The minimum atomic E-state index is -4.24. The van der Waals surface area contributed by atoms with Crippen molar-refractivity contribution in [3.63, 3.8) is 0 Å². The lowest BCUT2D eigenvalue weighted by molar-refractivity contribution is -0.153. The van der Waals surface area contributed by atoms with Gasteiger partial charge in [0.15, 0.2) is 0 Å². The lowest BCUT2D eigenvalue weighted by Gasteiger charge is -2.30. The van der Waals surface area contributed by atoms with Crippen LogP contribution in [-0.2, 0) is 113 Å².